The van der Waals surface area contributed by atoms with Crippen LogP contribution in [0.3, 0.4) is 0 Å². The summed E-state index contributed by atoms with van der Waals surface area (Å²) in [6.45, 7) is 12.3. The van der Waals surface area contributed by atoms with Crippen LogP contribution in [-0.2, 0) is 31.7 Å². The van der Waals surface area contributed by atoms with E-state index < -0.39 is 41.9 Å². The van der Waals surface area contributed by atoms with Gasteiger partial charge in [0.2, 0.25) is 10.0 Å². The fourth-order valence-electron chi connectivity index (χ4n) is 7.98. The molecule has 0 bridgehead atoms. The van der Waals surface area contributed by atoms with Crippen molar-refractivity contribution >= 4 is 43.1 Å². The molecule has 1 heterocycles. The van der Waals surface area contributed by atoms with Crippen molar-refractivity contribution in [3.05, 3.63) is 82.9 Å². The number of rotatable bonds is 15. The number of fused-ring (bicyclic) bond motifs is 3. The summed E-state index contributed by atoms with van der Waals surface area (Å²) >= 11 is 6.43. The number of ether oxygens (including phenoxy) is 1. The Kier molecular flexibility index (Phi) is 13.2. The van der Waals surface area contributed by atoms with E-state index in [0.29, 0.717) is 42.6 Å². The minimum Gasteiger partial charge on any atom is -0.490 e. The normalized spacial score (nSPS) is 22.9. The maximum Gasteiger partial charge on any atom is 0.264 e. The molecule has 12 heteroatoms. The summed E-state index contributed by atoms with van der Waals surface area (Å²) in [7, 11) is -7.84. The van der Waals surface area contributed by atoms with Gasteiger partial charge in [-0.3, -0.25) is 4.79 Å². The Morgan fingerprint density at radius 3 is 2.58 bits per heavy atom. The highest BCUT2D eigenvalue weighted by molar-refractivity contribution is 7.93. The fraction of sp³-hybridized carbons (Fsp3) is 0.585. The molecule has 0 aromatic heterocycles. The quantitative estimate of drug-likeness (QED) is 0.177. The molecule has 9 nitrogen and oxygen atoms in total. The Hall–Kier alpha value is -2.86. The maximum absolute atomic E-state index is 13.8. The number of hydrogen-bond acceptors (Lipinski definition) is 8. The summed E-state index contributed by atoms with van der Waals surface area (Å²) in [5.74, 6) is -0.181. The van der Waals surface area contributed by atoms with Crippen molar-refractivity contribution in [2.24, 2.45) is 11.8 Å². The number of unbranched alkanes of at least 4 members (excludes halogenated alkanes) is 1. The summed E-state index contributed by atoms with van der Waals surface area (Å²) in [5.41, 5.74) is 2.94. The zero-order valence-electron chi connectivity index (χ0n) is 31.7. The molecule has 0 radical (unpaired) electrons. The molecule has 5 rings (SSSR count). The molecule has 53 heavy (non-hydrogen) atoms. The number of sulfonamides is 1. The van der Waals surface area contributed by atoms with Crippen LogP contribution in [0.1, 0.15) is 107 Å². The molecule has 2 aromatic carbocycles. The van der Waals surface area contributed by atoms with Crippen LogP contribution in [0.15, 0.2) is 61.2 Å². The first-order chi connectivity index (χ1) is 25.0. The van der Waals surface area contributed by atoms with Crippen LogP contribution in [0.4, 0.5) is 5.69 Å². The van der Waals surface area contributed by atoms with Gasteiger partial charge in [0.1, 0.15) is 5.75 Å². The highest BCUT2D eigenvalue weighted by atomic mass is 35.5. The molecule has 2 N–H and O–H groups in total. The van der Waals surface area contributed by atoms with Crippen LogP contribution in [0.5, 0.6) is 5.75 Å². The van der Waals surface area contributed by atoms with Crippen LogP contribution < -0.4 is 14.4 Å². The molecule has 1 amide bonds. The summed E-state index contributed by atoms with van der Waals surface area (Å²) in [6.07, 6.45) is 12.0. The van der Waals surface area contributed by atoms with Crippen LogP contribution in [0.25, 0.3) is 0 Å². The predicted molar refractivity (Wildman–Crippen MR) is 214 cm³/mol. The fourth-order valence-corrected chi connectivity index (χ4v) is 10.9. The number of hydrogen-bond donors (Lipinski definition) is 2. The van der Waals surface area contributed by atoms with Gasteiger partial charge >= 0.3 is 0 Å². The van der Waals surface area contributed by atoms with Gasteiger partial charge in [-0.25, -0.2) is 21.6 Å². The maximum atomic E-state index is 13.8. The Labute approximate surface area is 322 Å². The summed E-state index contributed by atoms with van der Waals surface area (Å²) in [5, 5.41) is 10.7. The largest absolute Gasteiger partial charge is 0.490 e. The molecule has 2 unspecified atom stereocenters. The second-order valence-corrected chi connectivity index (χ2v) is 21.4. The molecule has 5 atom stereocenters. The van der Waals surface area contributed by atoms with Gasteiger partial charge in [0.25, 0.3) is 5.91 Å². The van der Waals surface area contributed by atoms with E-state index in [-0.39, 0.29) is 41.4 Å². The first kappa shape index (κ1) is 41.3. The number of nitrogens with zero attached hydrogens (tertiary/aromatic N) is 1. The molecular weight excluding hydrogens is 732 g/mol. The van der Waals surface area contributed by atoms with Gasteiger partial charge < -0.3 is 14.7 Å². The van der Waals surface area contributed by atoms with E-state index in [4.69, 9.17) is 16.3 Å². The molecule has 0 saturated heterocycles. The zero-order chi connectivity index (χ0) is 38.6. The van der Waals surface area contributed by atoms with E-state index in [0.717, 1.165) is 44.9 Å². The third-order valence-corrected chi connectivity index (χ3v) is 16.2. The Morgan fingerprint density at radius 2 is 1.91 bits per heavy atom. The number of anilines is 1. The van der Waals surface area contributed by atoms with Crippen LogP contribution >= 0.6 is 11.6 Å². The summed E-state index contributed by atoms with van der Waals surface area (Å²) in [4.78, 5) is 16.1. The molecule has 1 saturated carbocycles. The SMILES string of the molecule is C=CCCC(CCS(=O)(=O)C(C)(C)C)S(=O)(=O)NC(=O)c1ccc2c(c1)N(C[C@@H]1CC[C@H]1C(O)/C=C/CCC)C[C@@]1(CCCc3cc(Cl)ccc31)CO2. The van der Waals surface area contributed by atoms with Crippen molar-refractivity contribution in [3.63, 3.8) is 0 Å². The minimum absolute atomic E-state index is 0.107. The third kappa shape index (κ3) is 9.51. The molecule has 3 aliphatic rings. The van der Waals surface area contributed by atoms with Crippen LogP contribution in [0, 0.1) is 11.8 Å². The lowest BCUT2D eigenvalue weighted by Crippen LogP contribution is -2.49. The standard InChI is InChI=1S/C41H57ClN2O7S2/c1-6-8-10-14-37(45)34-18-15-31(34)26-44-27-41(22-11-12-29-24-32(42)17-19-35(29)41)28-51-38-20-16-30(25-36(38)44)39(46)43-53(49,50)33(13-9-7-2)21-23-52(47,48)40(3,4)5/h7,10,14,16-17,19-20,24-25,31,33-34,37,45H,2,6,8-9,11-13,15,18,21-23,26-28H2,1,3-5H3,(H,43,46)/b14-10+/t31-,33?,34+,37?,41-/m0/s1. The van der Waals surface area contributed by atoms with Gasteiger partial charge in [0, 0.05) is 29.1 Å². The summed E-state index contributed by atoms with van der Waals surface area (Å²) in [6, 6.07) is 11.1. The number of aliphatic hydroxyl groups excluding tert-OH is 1. The minimum atomic E-state index is -4.25. The lowest BCUT2D eigenvalue weighted by atomic mass is 9.68. The molecule has 292 valence electrons. The van der Waals surface area contributed by atoms with Crippen molar-refractivity contribution in [2.75, 3.05) is 30.3 Å². The van der Waals surface area contributed by atoms with Crippen molar-refractivity contribution in [1.82, 2.24) is 4.72 Å². The van der Waals surface area contributed by atoms with E-state index in [2.05, 4.69) is 35.3 Å². The average Bonchev–Trinajstić information content (AvgIpc) is 3.22. The van der Waals surface area contributed by atoms with Gasteiger partial charge in [-0.15, -0.1) is 6.58 Å². The first-order valence-electron chi connectivity index (χ1n) is 19.0. The molecule has 1 fully saturated rings. The number of allylic oxidation sites excluding steroid dienone is 2. The second kappa shape index (κ2) is 16.9. The number of carbonyl (C=O) groups is 1. The Morgan fingerprint density at radius 1 is 1.13 bits per heavy atom. The van der Waals surface area contributed by atoms with Gasteiger partial charge in [-0.2, -0.15) is 0 Å². The molecule has 1 spiro atoms. The van der Waals surface area contributed by atoms with E-state index in [1.807, 2.05) is 18.2 Å². The zero-order valence-corrected chi connectivity index (χ0v) is 34.0. The number of amides is 1. The van der Waals surface area contributed by atoms with Crippen molar-refractivity contribution in [2.45, 2.75) is 113 Å². The number of aliphatic hydroxyl groups is 1. The smallest absolute Gasteiger partial charge is 0.264 e. The number of aryl methyl sites for hydroxylation is 1. The van der Waals surface area contributed by atoms with Gasteiger partial charge in [-0.05, 0) is 132 Å². The molecule has 2 aromatic rings. The Balaban J connectivity index is 1.45. The van der Waals surface area contributed by atoms with E-state index in [1.54, 1.807) is 45.0 Å². The van der Waals surface area contributed by atoms with Gasteiger partial charge in [0.15, 0.2) is 9.84 Å². The van der Waals surface area contributed by atoms with Gasteiger partial charge in [0.05, 0.1) is 34.1 Å². The van der Waals surface area contributed by atoms with Crippen molar-refractivity contribution in [1.29, 1.82) is 0 Å². The second-order valence-electron chi connectivity index (χ2n) is 16.2. The number of sulfone groups is 1. The first-order valence-corrected chi connectivity index (χ1v) is 22.6. The monoisotopic (exact) mass is 788 g/mol. The summed E-state index contributed by atoms with van der Waals surface area (Å²) < 4.78 is 60.9. The van der Waals surface area contributed by atoms with Crippen molar-refractivity contribution < 1.29 is 31.5 Å². The van der Waals surface area contributed by atoms with E-state index >= 15 is 0 Å². The topological polar surface area (TPSA) is 130 Å². The number of nitrogens with one attached hydrogen (secondary N) is 1. The van der Waals surface area contributed by atoms with E-state index in [1.165, 1.54) is 11.1 Å². The van der Waals surface area contributed by atoms with Crippen molar-refractivity contribution in [3.8, 4) is 5.75 Å². The number of carbonyl (C=O) groups excluding carboxylic acids is 1. The third-order valence-electron chi connectivity index (χ3n) is 11.5. The lowest BCUT2D eigenvalue weighted by molar-refractivity contribution is 0.0456. The molecular formula is C41H57ClN2O7S2. The number of halogens is 1. The van der Waals surface area contributed by atoms with Gasteiger partial charge in [-0.1, -0.05) is 49.2 Å². The predicted octanol–water partition coefficient (Wildman–Crippen LogP) is 7.55. The van der Waals surface area contributed by atoms with E-state index in [9.17, 15) is 26.7 Å². The molecule has 1 aliphatic heterocycles. The lowest BCUT2D eigenvalue weighted by Gasteiger charge is -2.45. The van der Waals surface area contributed by atoms with Crippen LogP contribution in [-0.4, -0.2) is 69.4 Å². The molecule has 2 aliphatic carbocycles. The highest BCUT2D eigenvalue weighted by Crippen LogP contribution is 2.46. The highest BCUT2D eigenvalue weighted by Gasteiger charge is 2.44. The Bertz CT molecular complexity index is 1890. The number of benzene rings is 2. The average molecular weight is 790 g/mol. The van der Waals surface area contributed by atoms with Crippen LogP contribution in [0.2, 0.25) is 5.02 Å².